The number of nitrogens with zero attached hydrogens (tertiary/aromatic N) is 2. The Bertz CT molecular complexity index is 518. The molecule has 2 fully saturated rings. The summed E-state index contributed by atoms with van der Waals surface area (Å²) in [6.07, 6.45) is 11.1. The summed E-state index contributed by atoms with van der Waals surface area (Å²) in [6, 6.07) is 0. The number of hydrazine groups is 2. The number of hydrogen-bond donors (Lipinski definition) is 4. The molecule has 4 N–H and O–H groups in total. The van der Waals surface area contributed by atoms with E-state index in [1.165, 1.54) is 0 Å². The molecule has 2 aliphatic heterocycles. The second kappa shape index (κ2) is 5.76. The summed E-state index contributed by atoms with van der Waals surface area (Å²) in [5.41, 5.74) is 11.9. The molecule has 4 aliphatic rings. The quantitative estimate of drug-likeness (QED) is 0.547. The Hall–Kier alpha value is -1.67. The molecular weight excluding hydrogens is 296 g/mol. The smallest absolute Gasteiger partial charge is 0.309 e. The van der Waals surface area contributed by atoms with Gasteiger partial charge in [-0.3, -0.25) is 4.79 Å². The highest BCUT2D eigenvalue weighted by Crippen LogP contribution is 2.34. The number of hydrogen-bond acceptors (Lipinski definition) is 8. The molecule has 2 aliphatic carbocycles. The molecular formula is C15H24N6O2. The summed E-state index contributed by atoms with van der Waals surface area (Å²) in [6.45, 7) is 0. The van der Waals surface area contributed by atoms with Gasteiger partial charge in [0.25, 0.3) is 0 Å². The number of esters is 1. The Kier molecular flexibility index (Phi) is 3.73. The van der Waals surface area contributed by atoms with E-state index in [-0.39, 0.29) is 29.1 Å². The fourth-order valence-corrected chi connectivity index (χ4v) is 4.03. The fraction of sp³-hybridized carbons (Fsp3) is 0.800. The van der Waals surface area contributed by atoms with Crippen LogP contribution in [0.5, 0.6) is 0 Å². The molecule has 0 aromatic heterocycles. The first-order chi connectivity index (χ1) is 11.2. The standard InChI is InChI=1S/C15H24N6O2/c22-13(11-1-5-14(6-2-11)9-16-20-18-14)23-12-3-7-15(8-4-12)10-17-21-19-15/h9-12,18-21H,1-8H2. The van der Waals surface area contributed by atoms with E-state index in [9.17, 15) is 4.79 Å². The summed E-state index contributed by atoms with van der Waals surface area (Å²) in [5, 5.41) is 8.07. The van der Waals surface area contributed by atoms with Gasteiger partial charge in [-0.2, -0.15) is 10.2 Å². The molecule has 8 nitrogen and oxygen atoms in total. The Morgan fingerprint density at radius 3 is 1.91 bits per heavy atom. The number of carbonyl (C=O) groups excluding carboxylic acids is 1. The third-order valence-corrected chi connectivity index (χ3v) is 5.68. The van der Waals surface area contributed by atoms with E-state index in [0.29, 0.717) is 0 Å². The topological polar surface area (TPSA) is 99.1 Å². The van der Waals surface area contributed by atoms with Crippen LogP contribution in [0.15, 0.2) is 10.2 Å². The lowest BCUT2D eigenvalue weighted by Crippen LogP contribution is -2.51. The van der Waals surface area contributed by atoms with Crippen molar-refractivity contribution < 1.29 is 9.53 Å². The van der Waals surface area contributed by atoms with Gasteiger partial charge in [0.05, 0.1) is 17.0 Å². The van der Waals surface area contributed by atoms with Crippen LogP contribution >= 0.6 is 0 Å². The van der Waals surface area contributed by atoms with Crippen LogP contribution in [0.3, 0.4) is 0 Å². The summed E-state index contributed by atoms with van der Waals surface area (Å²) in [4.78, 5) is 12.4. The van der Waals surface area contributed by atoms with Crippen LogP contribution in [0.25, 0.3) is 0 Å². The number of carbonyl (C=O) groups is 1. The summed E-state index contributed by atoms with van der Waals surface area (Å²) in [5.74, 6) is 0.00927. The molecule has 0 amide bonds. The van der Waals surface area contributed by atoms with E-state index in [4.69, 9.17) is 4.74 Å². The van der Waals surface area contributed by atoms with Gasteiger partial charge in [-0.1, -0.05) is 0 Å². The van der Waals surface area contributed by atoms with Crippen molar-refractivity contribution in [1.82, 2.24) is 21.9 Å². The molecule has 2 saturated carbocycles. The van der Waals surface area contributed by atoms with Gasteiger partial charge >= 0.3 is 5.97 Å². The van der Waals surface area contributed by atoms with E-state index >= 15 is 0 Å². The predicted molar refractivity (Wildman–Crippen MR) is 85.3 cm³/mol. The lowest BCUT2D eigenvalue weighted by Gasteiger charge is -2.36. The first-order valence-corrected chi connectivity index (χ1v) is 8.52. The molecule has 0 radical (unpaired) electrons. The maximum absolute atomic E-state index is 12.4. The van der Waals surface area contributed by atoms with Gasteiger partial charge in [0.15, 0.2) is 0 Å². The third-order valence-electron chi connectivity index (χ3n) is 5.68. The van der Waals surface area contributed by atoms with E-state index in [1.807, 2.05) is 12.4 Å². The molecule has 23 heavy (non-hydrogen) atoms. The average Bonchev–Trinajstić information content (AvgIpc) is 3.21. The summed E-state index contributed by atoms with van der Waals surface area (Å²) < 4.78 is 5.78. The molecule has 0 unspecified atom stereocenters. The number of nitrogens with one attached hydrogen (secondary N) is 4. The number of ether oxygens (including phenoxy) is 1. The zero-order valence-corrected chi connectivity index (χ0v) is 13.2. The normalized spacial score (nSPS) is 41.9. The molecule has 8 heteroatoms. The van der Waals surface area contributed by atoms with Gasteiger partial charge in [0, 0.05) is 12.4 Å². The number of hydrazone groups is 2. The Morgan fingerprint density at radius 2 is 1.43 bits per heavy atom. The SMILES string of the molecule is O=C(OC1CCC2(C=NNN2)CC1)C1CCC2(C=NNN2)CC1. The second-order valence-corrected chi connectivity index (χ2v) is 7.21. The highest BCUT2D eigenvalue weighted by Gasteiger charge is 2.41. The lowest BCUT2D eigenvalue weighted by atomic mass is 9.77. The number of rotatable bonds is 2. The van der Waals surface area contributed by atoms with Gasteiger partial charge in [-0.25, -0.2) is 21.9 Å². The molecule has 4 rings (SSSR count). The van der Waals surface area contributed by atoms with Crippen LogP contribution < -0.4 is 21.9 Å². The zero-order chi connectivity index (χ0) is 15.8. The third kappa shape index (κ3) is 2.92. The van der Waals surface area contributed by atoms with Crippen LogP contribution in [0, 0.1) is 5.92 Å². The minimum atomic E-state index is -0.0610. The van der Waals surface area contributed by atoms with Gasteiger partial charge < -0.3 is 4.74 Å². The molecule has 0 saturated heterocycles. The van der Waals surface area contributed by atoms with Gasteiger partial charge in [-0.05, 0) is 51.4 Å². The molecule has 2 heterocycles. The van der Waals surface area contributed by atoms with Crippen molar-refractivity contribution in [2.45, 2.75) is 68.5 Å². The van der Waals surface area contributed by atoms with Crippen molar-refractivity contribution in [2.75, 3.05) is 0 Å². The maximum atomic E-state index is 12.4. The fourth-order valence-electron chi connectivity index (χ4n) is 4.03. The van der Waals surface area contributed by atoms with E-state index < -0.39 is 0 Å². The van der Waals surface area contributed by atoms with E-state index in [0.717, 1.165) is 51.4 Å². The highest BCUT2D eigenvalue weighted by molar-refractivity contribution is 5.75. The van der Waals surface area contributed by atoms with Crippen molar-refractivity contribution in [3.63, 3.8) is 0 Å². The van der Waals surface area contributed by atoms with E-state index in [1.54, 1.807) is 0 Å². The maximum Gasteiger partial charge on any atom is 0.309 e. The summed E-state index contributed by atoms with van der Waals surface area (Å²) in [7, 11) is 0. The second-order valence-electron chi connectivity index (χ2n) is 7.21. The van der Waals surface area contributed by atoms with Crippen molar-refractivity contribution >= 4 is 18.4 Å². The largest absolute Gasteiger partial charge is 0.462 e. The Morgan fingerprint density at radius 1 is 0.913 bits per heavy atom. The van der Waals surface area contributed by atoms with Crippen molar-refractivity contribution in [2.24, 2.45) is 16.1 Å². The van der Waals surface area contributed by atoms with Gasteiger partial charge in [0.2, 0.25) is 0 Å². The Balaban J connectivity index is 1.25. The monoisotopic (exact) mass is 320 g/mol. The van der Waals surface area contributed by atoms with E-state index in [2.05, 4.69) is 32.1 Å². The first-order valence-electron chi connectivity index (χ1n) is 8.52. The van der Waals surface area contributed by atoms with Crippen molar-refractivity contribution in [3.05, 3.63) is 0 Å². The van der Waals surface area contributed by atoms with Crippen LogP contribution in [0.4, 0.5) is 0 Å². The molecule has 0 atom stereocenters. The van der Waals surface area contributed by atoms with Crippen LogP contribution in [-0.4, -0.2) is 35.6 Å². The molecule has 0 aromatic rings. The summed E-state index contributed by atoms with van der Waals surface area (Å²) >= 11 is 0. The minimum absolute atomic E-state index is 0.0186. The van der Waals surface area contributed by atoms with Crippen LogP contribution in [0.1, 0.15) is 51.4 Å². The van der Waals surface area contributed by atoms with Gasteiger partial charge in [-0.15, -0.1) is 0 Å². The molecule has 0 bridgehead atoms. The highest BCUT2D eigenvalue weighted by atomic mass is 16.5. The van der Waals surface area contributed by atoms with Crippen molar-refractivity contribution in [3.8, 4) is 0 Å². The molecule has 2 spiro atoms. The molecule has 126 valence electrons. The lowest BCUT2D eigenvalue weighted by molar-refractivity contribution is -0.157. The predicted octanol–water partition coefficient (Wildman–Crippen LogP) is 0.327. The minimum Gasteiger partial charge on any atom is -0.462 e. The first kappa shape index (κ1) is 14.9. The zero-order valence-electron chi connectivity index (χ0n) is 13.2. The van der Waals surface area contributed by atoms with Crippen molar-refractivity contribution in [1.29, 1.82) is 0 Å². The van der Waals surface area contributed by atoms with Crippen LogP contribution in [-0.2, 0) is 9.53 Å². The Labute approximate surface area is 135 Å². The van der Waals surface area contributed by atoms with Crippen LogP contribution in [0.2, 0.25) is 0 Å². The molecule has 0 aromatic carbocycles. The average molecular weight is 320 g/mol. The van der Waals surface area contributed by atoms with Gasteiger partial charge in [0.1, 0.15) is 6.10 Å².